The topological polar surface area (TPSA) is 63.2 Å². The molecule has 0 spiro atoms. The average molecular weight is 337 g/mol. The lowest BCUT2D eigenvalue weighted by molar-refractivity contribution is 0.460. The molecule has 1 fully saturated rings. The first-order valence-corrected chi connectivity index (χ1v) is 9.97. The van der Waals surface area contributed by atoms with E-state index in [1.54, 1.807) is 15.6 Å². The molecule has 1 atom stereocenters. The van der Waals surface area contributed by atoms with Crippen molar-refractivity contribution in [3.05, 3.63) is 35.0 Å². The van der Waals surface area contributed by atoms with Crippen LogP contribution in [0.2, 0.25) is 0 Å². The lowest BCUT2D eigenvalue weighted by atomic mass is 10.00. The van der Waals surface area contributed by atoms with Gasteiger partial charge in [-0.1, -0.05) is 6.07 Å². The van der Waals surface area contributed by atoms with Gasteiger partial charge in [-0.3, -0.25) is 4.98 Å². The molecule has 0 aliphatic carbocycles. The molecule has 0 saturated carbocycles. The minimum atomic E-state index is -3.06. The van der Waals surface area contributed by atoms with Crippen molar-refractivity contribution in [3.8, 4) is 10.7 Å². The van der Waals surface area contributed by atoms with Crippen LogP contribution in [-0.2, 0) is 16.4 Å². The predicted molar refractivity (Wildman–Crippen MR) is 88.3 cm³/mol. The molecule has 5 nitrogen and oxygen atoms in total. The molecular formula is C15H19N3O2S2. The molecule has 2 aromatic rings. The third-order valence-corrected chi connectivity index (χ3v) is 6.16. The Bertz CT molecular complexity index is 753. The summed E-state index contributed by atoms with van der Waals surface area (Å²) in [4.78, 5) is 8.92. The van der Waals surface area contributed by atoms with E-state index in [4.69, 9.17) is 0 Å². The first-order chi connectivity index (χ1) is 10.4. The van der Waals surface area contributed by atoms with Crippen molar-refractivity contribution < 1.29 is 8.42 Å². The van der Waals surface area contributed by atoms with Gasteiger partial charge in [0.05, 0.1) is 11.9 Å². The van der Waals surface area contributed by atoms with Crippen LogP contribution in [-0.4, -0.2) is 42.0 Å². The zero-order chi connectivity index (χ0) is 15.7. The summed E-state index contributed by atoms with van der Waals surface area (Å²) >= 11 is 1.60. The number of aryl methyl sites for hydroxylation is 1. The molecule has 7 heteroatoms. The van der Waals surface area contributed by atoms with Crippen molar-refractivity contribution in [1.29, 1.82) is 0 Å². The molecule has 2 aromatic heterocycles. The number of nitrogens with zero attached hydrogens (tertiary/aromatic N) is 3. The number of hydrogen-bond acceptors (Lipinski definition) is 5. The van der Waals surface area contributed by atoms with Crippen molar-refractivity contribution in [2.24, 2.45) is 5.92 Å². The monoisotopic (exact) mass is 337 g/mol. The van der Waals surface area contributed by atoms with Gasteiger partial charge in [-0.2, -0.15) is 0 Å². The van der Waals surface area contributed by atoms with Crippen molar-refractivity contribution in [2.45, 2.75) is 19.8 Å². The maximum Gasteiger partial charge on any atom is 0.211 e. The molecule has 1 aliphatic rings. The maximum absolute atomic E-state index is 11.5. The van der Waals surface area contributed by atoms with Crippen LogP contribution in [0, 0.1) is 12.8 Å². The summed E-state index contributed by atoms with van der Waals surface area (Å²) in [7, 11) is -3.06. The number of hydrogen-bond donors (Lipinski definition) is 0. The van der Waals surface area contributed by atoms with Gasteiger partial charge in [0.15, 0.2) is 0 Å². The van der Waals surface area contributed by atoms with Crippen LogP contribution in [0.5, 0.6) is 0 Å². The maximum atomic E-state index is 11.5. The molecule has 0 bridgehead atoms. The standard InChI is InChI=1S/C15H19N3O2S2/c1-11-10-21-15(17-11)14-4-3-12(8-16-14)7-13-5-6-18(9-13)22(2,19)20/h3-4,8,10,13H,5-7,9H2,1-2H3/t13-/m0/s1. The van der Waals surface area contributed by atoms with Crippen LogP contribution in [0.25, 0.3) is 10.7 Å². The van der Waals surface area contributed by atoms with E-state index >= 15 is 0 Å². The lowest BCUT2D eigenvalue weighted by Crippen LogP contribution is -2.27. The molecular weight excluding hydrogens is 318 g/mol. The Balaban J connectivity index is 1.65. The highest BCUT2D eigenvalue weighted by Gasteiger charge is 2.28. The summed E-state index contributed by atoms with van der Waals surface area (Å²) in [5.74, 6) is 0.379. The number of aromatic nitrogens is 2. The van der Waals surface area contributed by atoms with Crippen LogP contribution >= 0.6 is 11.3 Å². The van der Waals surface area contributed by atoms with Crippen LogP contribution in [0.1, 0.15) is 17.7 Å². The van der Waals surface area contributed by atoms with Gasteiger partial charge in [-0.15, -0.1) is 11.3 Å². The van der Waals surface area contributed by atoms with E-state index in [0.29, 0.717) is 19.0 Å². The summed E-state index contributed by atoms with van der Waals surface area (Å²) in [6.07, 6.45) is 4.95. The molecule has 1 aliphatic heterocycles. The molecule has 0 amide bonds. The quantitative estimate of drug-likeness (QED) is 0.859. The zero-order valence-electron chi connectivity index (χ0n) is 12.7. The highest BCUT2D eigenvalue weighted by atomic mass is 32.2. The van der Waals surface area contributed by atoms with Crippen molar-refractivity contribution in [2.75, 3.05) is 19.3 Å². The van der Waals surface area contributed by atoms with E-state index < -0.39 is 10.0 Å². The van der Waals surface area contributed by atoms with E-state index in [-0.39, 0.29) is 0 Å². The van der Waals surface area contributed by atoms with Gasteiger partial charge in [0, 0.05) is 30.4 Å². The fraction of sp³-hybridized carbons (Fsp3) is 0.467. The van der Waals surface area contributed by atoms with E-state index in [0.717, 1.165) is 34.8 Å². The molecule has 22 heavy (non-hydrogen) atoms. The minimum absolute atomic E-state index is 0.379. The third-order valence-electron chi connectivity index (χ3n) is 3.90. The lowest BCUT2D eigenvalue weighted by Gasteiger charge is -2.13. The van der Waals surface area contributed by atoms with Crippen molar-refractivity contribution in [1.82, 2.24) is 14.3 Å². The molecule has 3 heterocycles. The fourth-order valence-electron chi connectivity index (χ4n) is 2.74. The normalized spacial score (nSPS) is 19.6. The fourth-order valence-corrected chi connectivity index (χ4v) is 4.43. The summed E-state index contributed by atoms with van der Waals surface area (Å²) in [5.41, 5.74) is 3.06. The van der Waals surface area contributed by atoms with Gasteiger partial charge in [0.25, 0.3) is 0 Å². The van der Waals surface area contributed by atoms with Gasteiger partial charge >= 0.3 is 0 Å². The second kappa shape index (κ2) is 6.06. The third kappa shape index (κ3) is 3.53. The Kier molecular flexibility index (Phi) is 4.29. The van der Waals surface area contributed by atoms with Crippen molar-refractivity contribution in [3.63, 3.8) is 0 Å². The molecule has 0 unspecified atom stereocenters. The number of rotatable bonds is 4. The number of thiazole rings is 1. The molecule has 3 rings (SSSR count). The van der Waals surface area contributed by atoms with Gasteiger partial charge in [-0.25, -0.2) is 17.7 Å². The Morgan fingerprint density at radius 1 is 1.41 bits per heavy atom. The number of pyridine rings is 1. The SMILES string of the molecule is Cc1csc(-c2ccc(C[C@@H]3CCN(S(C)(=O)=O)C3)cn2)n1. The van der Waals surface area contributed by atoms with E-state index in [1.807, 2.05) is 24.6 Å². The Hall–Kier alpha value is -1.31. The first-order valence-electron chi connectivity index (χ1n) is 7.24. The van der Waals surface area contributed by atoms with Crippen LogP contribution in [0.4, 0.5) is 0 Å². The van der Waals surface area contributed by atoms with E-state index in [9.17, 15) is 8.42 Å². The minimum Gasteiger partial charge on any atom is -0.253 e. The van der Waals surface area contributed by atoms with E-state index in [1.165, 1.54) is 6.26 Å². The van der Waals surface area contributed by atoms with Gasteiger partial charge in [0.1, 0.15) is 5.01 Å². The molecule has 0 radical (unpaired) electrons. The second-order valence-corrected chi connectivity index (χ2v) is 8.67. The largest absolute Gasteiger partial charge is 0.253 e. The Labute approximate surface area is 135 Å². The second-order valence-electron chi connectivity index (χ2n) is 5.83. The predicted octanol–water partition coefficient (Wildman–Crippen LogP) is 2.34. The summed E-state index contributed by atoms with van der Waals surface area (Å²) in [6, 6.07) is 4.07. The Morgan fingerprint density at radius 3 is 2.77 bits per heavy atom. The molecule has 118 valence electrons. The molecule has 0 N–H and O–H groups in total. The molecule has 0 aromatic carbocycles. The van der Waals surface area contributed by atoms with Gasteiger partial charge in [0.2, 0.25) is 10.0 Å². The van der Waals surface area contributed by atoms with Gasteiger partial charge < -0.3 is 0 Å². The number of sulfonamides is 1. The highest BCUT2D eigenvalue weighted by Crippen LogP contribution is 2.25. The highest BCUT2D eigenvalue weighted by molar-refractivity contribution is 7.88. The smallest absolute Gasteiger partial charge is 0.211 e. The summed E-state index contributed by atoms with van der Waals surface area (Å²) in [6.45, 7) is 3.22. The first kappa shape index (κ1) is 15.6. The van der Waals surface area contributed by atoms with Crippen LogP contribution < -0.4 is 0 Å². The van der Waals surface area contributed by atoms with Crippen LogP contribution in [0.3, 0.4) is 0 Å². The summed E-state index contributed by atoms with van der Waals surface area (Å²) < 4.78 is 24.7. The van der Waals surface area contributed by atoms with Crippen molar-refractivity contribution >= 4 is 21.4 Å². The zero-order valence-corrected chi connectivity index (χ0v) is 14.3. The van der Waals surface area contributed by atoms with Gasteiger partial charge in [-0.05, 0) is 37.3 Å². The summed E-state index contributed by atoms with van der Waals surface area (Å²) in [5, 5.41) is 2.96. The Morgan fingerprint density at radius 2 is 2.23 bits per heavy atom. The average Bonchev–Trinajstić information content (AvgIpc) is 3.08. The van der Waals surface area contributed by atoms with Crippen LogP contribution in [0.15, 0.2) is 23.7 Å². The molecule has 1 saturated heterocycles. The van der Waals surface area contributed by atoms with E-state index in [2.05, 4.69) is 16.0 Å².